The predicted molar refractivity (Wildman–Crippen MR) is 93.5 cm³/mol. The van der Waals surface area contributed by atoms with E-state index >= 15 is 0 Å². The first kappa shape index (κ1) is 20.9. The number of nitrogens with zero attached hydrogens (tertiary/aromatic N) is 3. The highest BCUT2D eigenvalue weighted by molar-refractivity contribution is 5.92. The lowest BCUT2D eigenvalue weighted by Gasteiger charge is -2.15. The Bertz CT molecular complexity index is 441. The molecule has 1 saturated heterocycles. The summed E-state index contributed by atoms with van der Waals surface area (Å²) in [7, 11) is 0. The Morgan fingerprint density at radius 2 is 1.95 bits per heavy atom. The average molecular weight is 350 g/mol. The third kappa shape index (κ3) is 6.34. The molecule has 22 heavy (non-hydrogen) atoms. The van der Waals surface area contributed by atoms with Gasteiger partial charge in [0.1, 0.15) is 5.69 Å². The maximum absolute atomic E-state index is 12.0. The fourth-order valence-electron chi connectivity index (χ4n) is 2.20. The smallest absolute Gasteiger partial charge is 0.270 e. The van der Waals surface area contributed by atoms with Gasteiger partial charge in [0.2, 0.25) is 5.95 Å². The van der Waals surface area contributed by atoms with Crippen LogP contribution < -0.4 is 15.5 Å². The van der Waals surface area contributed by atoms with E-state index < -0.39 is 0 Å². The van der Waals surface area contributed by atoms with Gasteiger partial charge in [-0.05, 0) is 31.9 Å². The highest BCUT2D eigenvalue weighted by atomic mass is 35.5. The van der Waals surface area contributed by atoms with Crippen LogP contribution in [0.25, 0.3) is 0 Å². The van der Waals surface area contributed by atoms with Crippen molar-refractivity contribution >= 4 is 36.7 Å². The average Bonchev–Trinajstić information content (AvgIpc) is 3.01. The van der Waals surface area contributed by atoms with Crippen LogP contribution in [0, 0.1) is 0 Å². The van der Waals surface area contributed by atoms with Gasteiger partial charge in [-0.15, -0.1) is 24.8 Å². The standard InChI is InChI=1S/C14H23N5O.2ClH/c1-2-6-15-8-9-16-13(20)12-5-7-17-14(18-12)19-10-3-4-11-19;;/h5,7,15H,2-4,6,8-11H2,1H3,(H,16,20);2*1H. The molecule has 0 unspecified atom stereocenters. The van der Waals surface area contributed by atoms with Gasteiger partial charge in [0, 0.05) is 32.4 Å². The van der Waals surface area contributed by atoms with E-state index in [1.807, 2.05) is 0 Å². The molecular weight excluding hydrogens is 325 g/mol. The number of hydrogen-bond acceptors (Lipinski definition) is 5. The van der Waals surface area contributed by atoms with Crippen molar-refractivity contribution in [2.24, 2.45) is 0 Å². The molecule has 1 fully saturated rings. The Hall–Kier alpha value is -1.11. The van der Waals surface area contributed by atoms with E-state index in [9.17, 15) is 4.79 Å². The van der Waals surface area contributed by atoms with Gasteiger partial charge < -0.3 is 15.5 Å². The molecule has 6 nitrogen and oxygen atoms in total. The number of halogens is 2. The van der Waals surface area contributed by atoms with E-state index in [4.69, 9.17) is 0 Å². The molecule has 1 aliphatic rings. The minimum atomic E-state index is -0.133. The molecule has 1 amide bonds. The number of hydrogen-bond donors (Lipinski definition) is 2. The normalized spacial score (nSPS) is 13.2. The predicted octanol–water partition coefficient (Wildman–Crippen LogP) is 1.65. The molecule has 0 aliphatic carbocycles. The van der Waals surface area contributed by atoms with Gasteiger partial charge in [0.25, 0.3) is 5.91 Å². The van der Waals surface area contributed by atoms with E-state index in [0.29, 0.717) is 18.2 Å². The number of carbonyl (C=O) groups is 1. The minimum Gasteiger partial charge on any atom is -0.349 e. The Balaban J connectivity index is 0.00000220. The summed E-state index contributed by atoms with van der Waals surface area (Å²) in [4.78, 5) is 22.7. The van der Waals surface area contributed by atoms with Crippen LogP contribution in [0.3, 0.4) is 0 Å². The zero-order valence-electron chi connectivity index (χ0n) is 12.9. The highest BCUT2D eigenvalue weighted by Gasteiger charge is 2.16. The van der Waals surface area contributed by atoms with Crippen LogP contribution in [0.4, 0.5) is 5.95 Å². The third-order valence-corrected chi connectivity index (χ3v) is 3.28. The van der Waals surface area contributed by atoms with E-state index in [0.717, 1.165) is 32.6 Å². The summed E-state index contributed by atoms with van der Waals surface area (Å²) in [5.74, 6) is 0.533. The molecule has 1 aliphatic heterocycles. The molecule has 1 aromatic rings. The van der Waals surface area contributed by atoms with Crippen molar-refractivity contribution in [3.05, 3.63) is 18.0 Å². The molecule has 2 N–H and O–H groups in total. The lowest BCUT2D eigenvalue weighted by atomic mass is 10.3. The Morgan fingerprint density at radius 3 is 2.64 bits per heavy atom. The zero-order chi connectivity index (χ0) is 14.2. The molecule has 2 heterocycles. The van der Waals surface area contributed by atoms with E-state index in [1.165, 1.54) is 12.8 Å². The number of nitrogens with one attached hydrogen (secondary N) is 2. The summed E-state index contributed by atoms with van der Waals surface area (Å²) in [6, 6.07) is 1.66. The molecule has 2 rings (SSSR count). The SMILES string of the molecule is CCCNCCNC(=O)c1ccnc(N2CCCC2)n1.Cl.Cl. The first-order valence-electron chi connectivity index (χ1n) is 7.38. The molecule has 126 valence electrons. The van der Waals surface area contributed by atoms with Gasteiger partial charge in [0.15, 0.2) is 0 Å². The molecule has 1 aromatic heterocycles. The number of anilines is 1. The zero-order valence-corrected chi connectivity index (χ0v) is 14.5. The largest absolute Gasteiger partial charge is 0.349 e. The van der Waals surface area contributed by atoms with Crippen molar-refractivity contribution in [3.63, 3.8) is 0 Å². The molecule has 0 saturated carbocycles. The first-order valence-corrected chi connectivity index (χ1v) is 7.38. The second-order valence-corrected chi connectivity index (χ2v) is 4.94. The van der Waals surface area contributed by atoms with Crippen molar-refractivity contribution in [2.75, 3.05) is 37.6 Å². The van der Waals surface area contributed by atoms with Gasteiger partial charge in [-0.3, -0.25) is 4.79 Å². The van der Waals surface area contributed by atoms with Gasteiger partial charge >= 0.3 is 0 Å². The Kier molecular flexibility index (Phi) is 10.9. The molecular formula is C14H25Cl2N5O. The van der Waals surface area contributed by atoms with Crippen LogP contribution in [0.5, 0.6) is 0 Å². The fraction of sp³-hybridized carbons (Fsp3) is 0.643. The quantitative estimate of drug-likeness (QED) is 0.732. The van der Waals surface area contributed by atoms with Gasteiger partial charge in [-0.25, -0.2) is 9.97 Å². The van der Waals surface area contributed by atoms with Crippen molar-refractivity contribution in [3.8, 4) is 0 Å². The summed E-state index contributed by atoms with van der Waals surface area (Å²) in [6.45, 7) is 6.44. The van der Waals surface area contributed by atoms with E-state index in [-0.39, 0.29) is 30.7 Å². The summed E-state index contributed by atoms with van der Waals surface area (Å²) in [6.07, 6.45) is 5.09. The van der Waals surface area contributed by atoms with E-state index in [2.05, 4.69) is 32.4 Å². The summed E-state index contributed by atoms with van der Waals surface area (Å²) >= 11 is 0. The maximum atomic E-state index is 12.0. The second kappa shape index (κ2) is 11.5. The third-order valence-electron chi connectivity index (χ3n) is 3.28. The van der Waals surface area contributed by atoms with Crippen molar-refractivity contribution in [1.82, 2.24) is 20.6 Å². The monoisotopic (exact) mass is 349 g/mol. The second-order valence-electron chi connectivity index (χ2n) is 4.94. The van der Waals surface area contributed by atoms with E-state index in [1.54, 1.807) is 12.3 Å². The molecule has 0 radical (unpaired) electrons. The molecule has 0 aromatic carbocycles. The minimum absolute atomic E-state index is 0. The lowest BCUT2D eigenvalue weighted by Crippen LogP contribution is -2.33. The van der Waals surface area contributed by atoms with Crippen molar-refractivity contribution in [1.29, 1.82) is 0 Å². The summed E-state index contributed by atoms with van der Waals surface area (Å²) in [5, 5.41) is 6.11. The number of rotatable bonds is 7. The van der Waals surface area contributed by atoms with Gasteiger partial charge in [-0.2, -0.15) is 0 Å². The molecule has 0 bridgehead atoms. The Morgan fingerprint density at radius 1 is 1.23 bits per heavy atom. The number of aromatic nitrogens is 2. The molecule has 0 atom stereocenters. The number of carbonyl (C=O) groups excluding carboxylic acids is 1. The van der Waals surface area contributed by atoms with Crippen LogP contribution in [-0.4, -0.2) is 48.6 Å². The Labute approximate surface area is 144 Å². The summed E-state index contributed by atoms with van der Waals surface area (Å²) < 4.78 is 0. The van der Waals surface area contributed by atoms with Gasteiger partial charge in [-0.1, -0.05) is 6.92 Å². The first-order chi connectivity index (χ1) is 9.81. The van der Waals surface area contributed by atoms with Crippen LogP contribution in [-0.2, 0) is 0 Å². The van der Waals surface area contributed by atoms with Crippen LogP contribution in [0.2, 0.25) is 0 Å². The highest BCUT2D eigenvalue weighted by Crippen LogP contribution is 2.15. The fourth-order valence-corrected chi connectivity index (χ4v) is 2.20. The van der Waals surface area contributed by atoms with Crippen LogP contribution in [0.15, 0.2) is 12.3 Å². The summed E-state index contributed by atoms with van der Waals surface area (Å²) in [5.41, 5.74) is 0.442. The topological polar surface area (TPSA) is 70.2 Å². The van der Waals surface area contributed by atoms with Crippen molar-refractivity contribution in [2.45, 2.75) is 26.2 Å². The molecule has 0 spiro atoms. The maximum Gasteiger partial charge on any atom is 0.270 e. The lowest BCUT2D eigenvalue weighted by molar-refractivity contribution is 0.0949. The van der Waals surface area contributed by atoms with Crippen molar-refractivity contribution < 1.29 is 4.79 Å². The van der Waals surface area contributed by atoms with Gasteiger partial charge in [0.05, 0.1) is 0 Å². The molecule has 8 heteroatoms. The van der Waals surface area contributed by atoms with Crippen LogP contribution in [0.1, 0.15) is 36.7 Å². The number of amides is 1. The van der Waals surface area contributed by atoms with Crippen LogP contribution >= 0.6 is 24.8 Å².